The minimum absolute atomic E-state index is 0.570. The van der Waals surface area contributed by atoms with E-state index in [9.17, 15) is 0 Å². The van der Waals surface area contributed by atoms with Gasteiger partial charge >= 0.3 is 0 Å². The molecule has 114 valence electrons. The molecular weight excluding hydrogens is 274 g/mol. The topological polar surface area (TPSA) is 67.1 Å². The van der Waals surface area contributed by atoms with Gasteiger partial charge in [0.1, 0.15) is 5.82 Å². The van der Waals surface area contributed by atoms with Gasteiger partial charge in [0, 0.05) is 32.4 Å². The number of hydrogen-bond donors (Lipinski definition) is 2. The Kier molecular flexibility index (Phi) is 4.65. The molecule has 0 amide bonds. The zero-order chi connectivity index (χ0) is 15.2. The fourth-order valence-corrected chi connectivity index (χ4v) is 2.59. The number of rotatable bonds is 5. The van der Waals surface area contributed by atoms with Gasteiger partial charge in [-0.1, -0.05) is 36.4 Å². The molecule has 1 aromatic heterocycles. The van der Waals surface area contributed by atoms with Crippen LogP contribution in [0.5, 0.6) is 0 Å². The molecule has 3 N–H and O–H groups in total. The monoisotopic (exact) mass is 295 g/mol. The quantitative estimate of drug-likeness (QED) is 0.884. The van der Waals surface area contributed by atoms with Crippen molar-refractivity contribution < 1.29 is 0 Å². The highest BCUT2D eigenvalue weighted by molar-refractivity contribution is 5.68. The van der Waals surface area contributed by atoms with E-state index in [1.54, 1.807) is 6.20 Å². The van der Waals surface area contributed by atoms with Crippen molar-refractivity contribution in [2.75, 3.05) is 36.4 Å². The summed E-state index contributed by atoms with van der Waals surface area (Å²) >= 11 is 0. The van der Waals surface area contributed by atoms with E-state index in [0.717, 1.165) is 25.3 Å². The van der Waals surface area contributed by atoms with Crippen LogP contribution in [0.1, 0.15) is 12.0 Å². The van der Waals surface area contributed by atoms with Crippen molar-refractivity contribution in [2.24, 2.45) is 5.73 Å². The summed E-state index contributed by atoms with van der Waals surface area (Å²) in [6.45, 7) is 3.09. The third-order valence-corrected chi connectivity index (χ3v) is 3.75. The highest BCUT2D eigenvalue weighted by Crippen LogP contribution is 2.24. The van der Waals surface area contributed by atoms with Gasteiger partial charge in [-0.15, -0.1) is 0 Å². The highest BCUT2D eigenvalue weighted by Gasteiger charge is 2.14. The SMILES string of the molecule is NCCNc1nccc(N2CC=C(c3ccccc3)CC2)n1. The Bertz CT molecular complexity index is 639. The molecule has 22 heavy (non-hydrogen) atoms. The van der Waals surface area contributed by atoms with Gasteiger partial charge in [0.2, 0.25) is 5.95 Å². The molecule has 0 atom stereocenters. The Hall–Kier alpha value is -2.40. The van der Waals surface area contributed by atoms with E-state index in [-0.39, 0.29) is 0 Å². The second-order valence-corrected chi connectivity index (χ2v) is 5.25. The lowest BCUT2D eigenvalue weighted by Crippen LogP contribution is -2.29. The van der Waals surface area contributed by atoms with E-state index >= 15 is 0 Å². The molecule has 1 aliphatic heterocycles. The molecule has 0 spiro atoms. The Morgan fingerprint density at radius 2 is 2.05 bits per heavy atom. The molecule has 5 heteroatoms. The first kappa shape index (κ1) is 14.5. The van der Waals surface area contributed by atoms with Crippen LogP contribution in [0.4, 0.5) is 11.8 Å². The second-order valence-electron chi connectivity index (χ2n) is 5.25. The Morgan fingerprint density at radius 1 is 1.18 bits per heavy atom. The number of nitrogens with one attached hydrogen (secondary N) is 1. The van der Waals surface area contributed by atoms with Crippen LogP contribution in [-0.2, 0) is 0 Å². The smallest absolute Gasteiger partial charge is 0.224 e. The normalized spacial score (nSPS) is 14.6. The fourth-order valence-electron chi connectivity index (χ4n) is 2.59. The first-order valence-electron chi connectivity index (χ1n) is 7.63. The number of anilines is 2. The molecule has 1 aromatic carbocycles. The summed E-state index contributed by atoms with van der Waals surface area (Å²) in [5, 5.41) is 3.12. The van der Waals surface area contributed by atoms with Gasteiger partial charge in [-0.25, -0.2) is 4.98 Å². The van der Waals surface area contributed by atoms with Crippen molar-refractivity contribution in [3.8, 4) is 0 Å². The van der Waals surface area contributed by atoms with E-state index in [2.05, 4.69) is 56.6 Å². The van der Waals surface area contributed by atoms with E-state index in [4.69, 9.17) is 5.73 Å². The van der Waals surface area contributed by atoms with Gasteiger partial charge in [-0.2, -0.15) is 4.98 Å². The van der Waals surface area contributed by atoms with Crippen LogP contribution < -0.4 is 16.0 Å². The van der Waals surface area contributed by atoms with Gasteiger partial charge < -0.3 is 16.0 Å². The van der Waals surface area contributed by atoms with Gasteiger partial charge in [-0.05, 0) is 23.6 Å². The average Bonchev–Trinajstić information content (AvgIpc) is 2.61. The zero-order valence-electron chi connectivity index (χ0n) is 12.6. The molecule has 3 rings (SSSR count). The molecule has 2 aromatic rings. The molecule has 0 aliphatic carbocycles. The minimum Gasteiger partial charge on any atom is -0.353 e. The lowest BCUT2D eigenvalue weighted by atomic mass is 10.00. The maximum absolute atomic E-state index is 5.49. The van der Waals surface area contributed by atoms with Crippen molar-refractivity contribution in [1.29, 1.82) is 0 Å². The van der Waals surface area contributed by atoms with Crippen LogP contribution in [-0.4, -0.2) is 36.1 Å². The number of nitrogens with two attached hydrogens (primary N) is 1. The van der Waals surface area contributed by atoms with Crippen LogP contribution in [0.3, 0.4) is 0 Å². The van der Waals surface area contributed by atoms with E-state index < -0.39 is 0 Å². The number of benzene rings is 1. The molecule has 1 aliphatic rings. The van der Waals surface area contributed by atoms with Crippen molar-refractivity contribution >= 4 is 17.3 Å². The van der Waals surface area contributed by atoms with Crippen LogP contribution in [0, 0.1) is 0 Å². The summed E-state index contributed by atoms with van der Waals surface area (Å²) in [6, 6.07) is 12.5. The van der Waals surface area contributed by atoms with E-state index in [1.807, 2.05) is 6.07 Å². The molecule has 2 heterocycles. The van der Waals surface area contributed by atoms with Crippen LogP contribution >= 0.6 is 0 Å². The summed E-state index contributed by atoms with van der Waals surface area (Å²) in [5.41, 5.74) is 8.22. The predicted molar refractivity (Wildman–Crippen MR) is 90.8 cm³/mol. The summed E-state index contributed by atoms with van der Waals surface area (Å²) in [7, 11) is 0. The number of aromatic nitrogens is 2. The largest absolute Gasteiger partial charge is 0.353 e. The predicted octanol–water partition coefficient (Wildman–Crippen LogP) is 2.14. The Labute approximate surface area is 130 Å². The maximum Gasteiger partial charge on any atom is 0.224 e. The maximum atomic E-state index is 5.49. The summed E-state index contributed by atoms with van der Waals surface area (Å²) in [5.74, 6) is 1.60. The average molecular weight is 295 g/mol. The Morgan fingerprint density at radius 3 is 2.77 bits per heavy atom. The van der Waals surface area contributed by atoms with Gasteiger partial charge in [0.05, 0.1) is 0 Å². The van der Waals surface area contributed by atoms with Crippen LogP contribution in [0.15, 0.2) is 48.7 Å². The molecule has 0 fully saturated rings. The zero-order valence-corrected chi connectivity index (χ0v) is 12.6. The molecule has 0 bridgehead atoms. The van der Waals surface area contributed by atoms with Crippen molar-refractivity contribution in [3.63, 3.8) is 0 Å². The first-order valence-corrected chi connectivity index (χ1v) is 7.63. The summed E-state index contributed by atoms with van der Waals surface area (Å²) < 4.78 is 0. The lowest BCUT2D eigenvalue weighted by Gasteiger charge is -2.27. The number of nitrogens with zero attached hydrogens (tertiary/aromatic N) is 3. The van der Waals surface area contributed by atoms with Crippen molar-refractivity contribution in [2.45, 2.75) is 6.42 Å². The van der Waals surface area contributed by atoms with Crippen molar-refractivity contribution in [3.05, 3.63) is 54.2 Å². The molecule has 0 saturated carbocycles. The Balaban J connectivity index is 1.69. The second kappa shape index (κ2) is 7.04. The van der Waals surface area contributed by atoms with Gasteiger partial charge in [0.25, 0.3) is 0 Å². The lowest BCUT2D eigenvalue weighted by molar-refractivity contribution is 0.813. The highest BCUT2D eigenvalue weighted by atomic mass is 15.2. The standard InChI is InChI=1S/C17H21N5/c18-9-11-20-17-19-10-6-16(21-17)22-12-7-15(8-13-22)14-4-2-1-3-5-14/h1-7,10H,8-9,11-13,18H2,(H,19,20,21). The van der Waals surface area contributed by atoms with Crippen molar-refractivity contribution in [1.82, 2.24) is 9.97 Å². The van der Waals surface area contributed by atoms with Crippen LogP contribution in [0.2, 0.25) is 0 Å². The fraction of sp³-hybridized carbons (Fsp3) is 0.294. The van der Waals surface area contributed by atoms with Gasteiger partial charge in [0.15, 0.2) is 0 Å². The molecule has 0 radical (unpaired) electrons. The summed E-state index contributed by atoms with van der Waals surface area (Å²) in [4.78, 5) is 11.0. The number of hydrogen-bond acceptors (Lipinski definition) is 5. The van der Waals surface area contributed by atoms with E-state index in [1.165, 1.54) is 11.1 Å². The third-order valence-electron chi connectivity index (χ3n) is 3.75. The van der Waals surface area contributed by atoms with E-state index in [0.29, 0.717) is 19.0 Å². The molecular formula is C17H21N5. The van der Waals surface area contributed by atoms with Crippen LogP contribution in [0.25, 0.3) is 5.57 Å². The molecule has 0 saturated heterocycles. The summed E-state index contributed by atoms with van der Waals surface area (Å²) in [6.07, 6.45) is 5.10. The minimum atomic E-state index is 0.570. The third kappa shape index (κ3) is 3.43. The molecule has 5 nitrogen and oxygen atoms in total. The first-order chi connectivity index (χ1) is 10.9. The van der Waals surface area contributed by atoms with Gasteiger partial charge in [-0.3, -0.25) is 0 Å². The molecule has 0 unspecified atom stereocenters.